The molecule has 0 spiro atoms. The molecule has 1 aromatic carbocycles. The van der Waals surface area contributed by atoms with Crippen LogP contribution in [0.3, 0.4) is 0 Å². The van der Waals surface area contributed by atoms with Gasteiger partial charge < -0.3 is 19.3 Å². The average molecular weight is 513 g/mol. The molecule has 0 heterocycles. The Labute approximate surface area is 224 Å². The summed E-state index contributed by atoms with van der Waals surface area (Å²) >= 11 is 0. The van der Waals surface area contributed by atoms with Gasteiger partial charge in [0.1, 0.15) is 18.0 Å². The second-order valence-electron chi connectivity index (χ2n) is 11.9. The molecule has 1 aliphatic carbocycles. The fourth-order valence-electron chi connectivity index (χ4n) is 4.53. The van der Waals surface area contributed by atoms with Crippen LogP contribution in [0.5, 0.6) is 5.75 Å². The Morgan fingerprint density at radius 1 is 1.11 bits per heavy atom. The largest absolute Gasteiger partial charge is 0.494 e. The molecule has 0 saturated heterocycles. The quantitative estimate of drug-likeness (QED) is 0.131. The monoisotopic (exact) mass is 512 g/mol. The van der Waals surface area contributed by atoms with Gasteiger partial charge in [-0.2, -0.15) is 0 Å². The van der Waals surface area contributed by atoms with E-state index < -0.39 is 11.7 Å². The number of para-hydroxylation sites is 1. The molecule has 1 aromatic rings. The first kappa shape index (κ1) is 30.9. The minimum absolute atomic E-state index is 0.0393. The van der Waals surface area contributed by atoms with Gasteiger partial charge in [-0.15, -0.1) is 0 Å². The predicted octanol–water partition coefficient (Wildman–Crippen LogP) is 7.21. The van der Waals surface area contributed by atoms with Crippen molar-refractivity contribution in [3.63, 3.8) is 0 Å². The van der Waals surface area contributed by atoms with E-state index in [1.165, 1.54) is 12.0 Å². The normalized spacial score (nSPS) is 21.0. The minimum atomic E-state index is -0.538. The molecule has 0 radical (unpaired) electrons. The predicted molar refractivity (Wildman–Crippen MR) is 151 cm³/mol. The smallest absolute Gasteiger partial charge is 0.332 e. The van der Waals surface area contributed by atoms with Crippen LogP contribution >= 0.6 is 0 Å². The number of carbonyl (C=O) groups is 1. The van der Waals surface area contributed by atoms with E-state index in [0.29, 0.717) is 13.2 Å². The molecule has 0 unspecified atom stereocenters. The van der Waals surface area contributed by atoms with Crippen molar-refractivity contribution >= 4 is 5.97 Å². The van der Waals surface area contributed by atoms with Crippen LogP contribution in [0.25, 0.3) is 0 Å². The summed E-state index contributed by atoms with van der Waals surface area (Å²) in [5.74, 6) is 0.539. The van der Waals surface area contributed by atoms with Gasteiger partial charge in [-0.05, 0) is 70.4 Å². The van der Waals surface area contributed by atoms with E-state index in [9.17, 15) is 9.90 Å². The maximum absolute atomic E-state index is 11.9. The van der Waals surface area contributed by atoms with Crippen molar-refractivity contribution in [1.29, 1.82) is 0 Å². The lowest BCUT2D eigenvalue weighted by atomic mass is 9.71. The van der Waals surface area contributed by atoms with Crippen LogP contribution in [0, 0.1) is 10.8 Å². The van der Waals surface area contributed by atoms with E-state index in [1.807, 2.05) is 63.3 Å². The SMILES string of the molecule is CC(C)(C)OC(=O)COCC=C1CCCC[C@@]1(C)C=CC=C[C@H](O)C(C)(C)CCCOc1ccccc1. The third kappa shape index (κ3) is 11.7. The van der Waals surface area contributed by atoms with Crippen molar-refractivity contribution in [2.24, 2.45) is 10.8 Å². The van der Waals surface area contributed by atoms with Gasteiger partial charge in [0.15, 0.2) is 0 Å². The molecule has 206 valence electrons. The number of esters is 1. The van der Waals surface area contributed by atoms with E-state index in [-0.39, 0.29) is 23.4 Å². The number of rotatable bonds is 13. The second-order valence-corrected chi connectivity index (χ2v) is 11.9. The third-order valence-corrected chi connectivity index (χ3v) is 6.86. The molecular formula is C32H48O5. The van der Waals surface area contributed by atoms with Gasteiger partial charge in [-0.3, -0.25) is 0 Å². The van der Waals surface area contributed by atoms with Crippen molar-refractivity contribution in [2.75, 3.05) is 19.8 Å². The van der Waals surface area contributed by atoms with Crippen LogP contribution in [-0.2, 0) is 14.3 Å². The van der Waals surface area contributed by atoms with Crippen molar-refractivity contribution in [1.82, 2.24) is 0 Å². The molecule has 0 amide bonds. The van der Waals surface area contributed by atoms with Gasteiger partial charge in [-0.25, -0.2) is 4.79 Å². The first-order valence-electron chi connectivity index (χ1n) is 13.6. The summed E-state index contributed by atoms with van der Waals surface area (Å²) in [6.45, 7) is 13.0. The van der Waals surface area contributed by atoms with Gasteiger partial charge in [0, 0.05) is 5.41 Å². The molecule has 0 aromatic heterocycles. The summed E-state index contributed by atoms with van der Waals surface area (Å²) in [5, 5.41) is 10.8. The van der Waals surface area contributed by atoms with Crippen molar-refractivity contribution in [3.8, 4) is 5.75 Å². The van der Waals surface area contributed by atoms with Crippen LogP contribution in [0.4, 0.5) is 0 Å². The van der Waals surface area contributed by atoms with Crippen molar-refractivity contribution in [2.45, 2.75) is 91.8 Å². The number of hydrogen-bond donors (Lipinski definition) is 1. The number of benzene rings is 1. The van der Waals surface area contributed by atoms with Crippen molar-refractivity contribution < 1.29 is 24.1 Å². The number of hydrogen-bond acceptors (Lipinski definition) is 5. The van der Waals surface area contributed by atoms with Gasteiger partial charge in [-0.1, -0.05) is 81.3 Å². The second kappa shape index (κ2) is 14.5. The average Bonchev–Trinajstić information content (AvgIpc) is 2.83. The van der Waals surface area contributed by atoms with E-state index in [4.69, 9.17) is 14.2 Å². The Balaban J connectivity index is 1.83. The molecule has 1 N–H and O–H groups in total. The van der Waals surface area contributed by atoms with Crippen LogP contribution < -0.4 is 4.74 Å². The number of allylic oxidation sites excluding steroid dienone is 4. The molecule has 1 saturated carbocycles. The zero-order valence-corrected chi connectivity index (χ0v) is 23.8. The van der Waals surface area contributed by atoms with Crippen LogP contribution in [0.15, 0.2) is 66.3 Å². The lowest BCUT2D eigenvalue weighted by molar-refractivity contribution is -0.159. The van der Waals surface area contributed by atoms with Crippen LogP contribution in [0.2, 0.25) is 0 Å². The highest BCUT2D eigenvalue weighted by Gasteiger charge is 2.29. The van der Waals surface area contributed by atoms with E-state index >= 15 is 0 Å². The molecule has 2 rings (SSSR count). The standard InChI is InChI=1S/C32H48O5/c1-30(2,3)37-29(34)25-35-24-19-26-15-10-12-21-32(26,6)22-13-11-18-28(33)31(4,5)20-14-23-36-27-16-8-7-9-17-27/h7-9,11,13,16-19,22,28,33H,10,12,14-15,20-21,23-25H2,1-6H3/t28-,32-/m0/s1. The van der Waals surface area contributed by atoms with Crippen LogP contribution in [0.1, 0.15) is 80.1 Å². The third-order valence-electron chi connectivity index (χ3n) is 6.86. The summed E-state index contributed by atoms with van der Waals surface area (Å²) in [6.07, 6.45) is 15.9. The highest BCUT2D eigenvalue weighted by molar-refractivity contribution is 5.71. The zero-order chi connectivity index (χ0) is 27.4. The summed E-state index contributed by atoms with van der Waals surface area (Å²) in [7, 11) is 0. The fourth-order valence-corrected chi connectivity index (χ4v) is 4.53. The van der Waals surface area contributed by atoms with Gasteiger partial charge in [0.25, 0.3) is 0 Å². The molecule has 37 heavy (non-hydrogen) atoms. The van der Waals surface area contributed by atoms with Gasteiger partial charge >= 0.3 is 5.97 Å². The molecular weight excluding hydrogens is 464 g/mol. The molecule has 5 heteroatoms. The topological polar surface area (TPSA) is 65.0 Å². The molecule has 1 fully saturated rings. The lowest BCUT2D eigenvalue weighted by Gasteiger charge is -2.34. The highest BCUT2D eigenvalue weighted by atomic mass is 16.6. The van der Waals surface area contributed by atoms with Crippen molar-refractivity contribution in [3.05, 3.63) is 66.3 Å². The summed E-state index contributed by atoms with van der Waals surface area (Å²) in [6, 6.07) is 9.82. The fraction of sp³-hybridized carbons (Fsp3) is 0.594. The van der Waals surface area contributed by atoms with Gasteiger partial charge in [0.2, 0.25) is 0 Å². The molecule has 0 aliphatic heterocycles. The Bertz CT molecular complexity index is 907. The molecule has 5 nitrogen and oxygen atoms in total. The van der Waals surface area contributed by atoms with E-state index in [2.05, 4.69) is 39.0 Å². The first-order chi connectivity index (χ1) is 17.4. The van der Waals surface area contributed by atoms with Crippen LogP contribution in [-0.4, -0.2) is 42.6 Å². The minimum Gasteiger partial charge on any atom is -0.494 e. The maximum Gasteiger partial charge on any atom is 0.332 e. The Morgan fingerprint density at radius 2 is 1.84 bits per heavy atom. The maximum atomic E-state index is 11.9. The summed E-state index contributed by atoms with van der Waals surface area (Å²) in [5.41, 5.74) is 0.550. The molecule has 0 bridgehead atoms. The van der Waals surface area contributed by atoms with E-state index in [0.717, 1.165) is 37.9 Å². The lowest BCUT2D eigenvalue weighted by Crippen LogP contribution is -2.28. The zero-order valence-electron chi connectivity index (χ0n) is 23.8. The Morgan fingerprint density at radius 3 is 2.54 bits per heavy atom. The first-order valence-corrected chi connectivity index (χ1v) is 13.6. The number of carbonyl (C=O) groups excluding carboxylic acids is 1. The Kier molecular flexibility index (Phi) is 12.1. The number of aliphatic hydroxyl groups excluding tert-OH is 1. The van der Waals surface area contributed by atoms with E-state index in [1.54, 1.807) is 0 Å². The highest BCUT2D eigenvalue weighted by Crippen LogP contribution is 2.41. The molecule has 2 atom stereocenters. The number of aliphatic hydroxyl groups is 1. The number of ether oxygens (including phenoxy) is 3. The molecule has 1 aliphatic rings. The summed E-state index contributed by atoms with van der Waals surface area (Å²) < 4.78 is 16.6. The Hall–Kier alpha value is -2.37. The van der Waals surface area contributed by atoms with Gasteiger partial charge in [0.05, 0.1) is 19.3 Å². The summed E-state index contributed by atoms with van der Waals surface area (Å²) in [4.78, 5) is 11.9.